The van der Waals surface area contributed by atoms with Crippen LogP contribution in [-0.2, 0) is 0 Å². The molecular formula is C11H11BrN2OS. The van der Waals surface area contributed by atoms with E-state index in [-0.39, 0.29) is 11.9 Å². The molecule has 0 unspecified atom stereocenters. The maximum absolute atomic E-state index is 11.9. The number of carbonyl (C=O) groups is 1. The Balaban J connectivity index is 2.08. The second-order valence-electron chi connectivity index (χ2n) is 3.98. The Hall–Kier alpha value is -0.860. The first-order valence-corrected chi connectivity index (χ1v) is 6.75. The molecule has 16 heavy (non-hydrogen) atoms. The molecule has 1 aliphatic rings. The van der Waals surface area contributed by atoms with Gasteiger partial charge in [-0.25, -0.2) is 0 Å². The maximum Gasteiger partial charge on any atom is 0.263 e. The summed E-state index contributed by atoms with van der Waals surface area (Å²) in [6.45, 7) is 1.94. The fraction of sp³-hybridized carbons (Fsp3) is 0.455. The van der Waals surface area contributed by atoms with Gasteiger partial charge in [-0.1, -0.05) is 0 Å². The van der Waals surface area contributed by atoms with Crippen molar-refractivity contribution in [2.45, 2.75) is 25.8 Å². The molecule has 0 aromatic carbocycles. The van der Waals surface area contributed by atoms with E-state index in [4.69, 9.17) is 5.26 Å². The largest absolute Gasteiger partial charge is 0.335 e. The van der Waals surface area contributed by atoms with Gasteiger partial charge in [0.1, 0.15) is 10.9 Å². The number of nitriles is 1. The van der Waals surface area contributed by atoms with Crippen LogP contribution in [0, 0.1) is 24.2 Å². The molecule has 2 rings (SSSR count). The van der Waals surface area contributed by atoms with Gasteiger partial charge in [-0.2, -0.15) is 5.26 Å². The van der Waals surface area contributed by atoms with Gasteiger partial charge in [0.25, 0.3) is 5.91 Å². The molecule has 3 nitrogen and oxygen atoms in total. The second-order valence-corrected chi connectivity index (χ2v) is 5.65. The molecule has 0 bridgehead atoms. The van der Waals surface area contributed by atoms with E-state index < -0.39 is 0 Å². The molecule has 1 atom stereocenters. The van der Waals surface area contributed by atoms with Gasteiger partial charge in [0, 0.05) is 4.47 Å². The van der Waals surface area contributed by atoms with Gasteiger partial charge in [-0.3, -0.25) is 4.79 Å². The van der Waals surface area contributed by atoms with Crippen LogP contribution < -0.4 is 5.32 Å². The van der Waals surface area contributed by atoms with E-state index in [9.17, 15) is 4.79 Å². The number of thiophene rings is 1. The first kappa shape index (κ1) is 11.6. The monoisotopic (exact) mass is 298 g/mol. The Morgan fingerprint density at radius 2 is 2.44 bits per heavy atom. The van der Waals surface area contributed by atoms with E-state index >= 15 is 0 Å². The van der Waals surface area contributed by atoms with E-state index in [1.165, 1.54) is 11.3 Å². The summed E-state index contributed by atoms with van der Waals surface area (Å²) in [6, 6.07) is 1.82. The van der Waals surface area contributed by atoms with Crippen LogP contribution >= 0.6 is 27.3 Å². The molecule has 1 aromatic rings. The van der Waals surface area contributed by atoms with Crippen molar-refractivity contribution in [2.24, 2.45) is 5.92 Å². The van der Waals surface area contributed by atoms with Crippen LogP contribution in [0.3, 0.4) is 0 Å². The highest BCUT2D eigenvalue weighted by molar-refractivity contribution is 9.10. The predicted octanol–water partition coefficient (Wildman–Crippen LogP) is 2.85. The van der Waals surface area contributed by atoms with Crippen LogP contribution in [0.4, 0.5) is 0 Å². The Morgan fingerprint density at radius 1 is 1.75 bits per heavy atom. The van der Waals surface area contributed by atoms with E-state index in [1.807, 2.05) is 12.3 Å². The van der Waals surface area contributed by atoms with Crippen molar-refractivity contribution in [2.75, 3.05) is 0 Å². The highest BCUT2D eigenvalue weighted by Gasteiger charge is 2.33. The van der Waals surface area contributed by atoms with Crippen molar-refractivity contribution in [3.63, 3.8) is 0 Å². The van der Waals surface area contributed by atoms with E-state index in [0.717, 1.165) is 22.9 Å². The highest BCUT2D eigenvalue weighted by Crippen LogP contribution is 2.33. The molecule has 1 saturated carbocycles. The zero-order valence-corrected chi connectivity index (χ0v) is 11.2. The van der Waals surface area contributed by atoms with Gasteiger partial charge in [-0.05, 0) is 52.6 Å². The van der Waals surface area contributed by atoms with E-state index in [0.29, 0.717) is 10.8 Å². The van der Waals surface area contributed by atoms with Gasteiger partial charge >= 0.3 is 0 Å². The number of carbonyl (C=O) groups excluding carboxylic acids is 1. The quantitative estimate of drug-likeness (QED) is 0.933. The molecule has 1 aromatic heterocycles. The second kappa shape index (κ2) is 4.56. The van der Waals surface area contributed by atoms with Gasteiger partial charge in [0.05, 0.1) is 6.07 Å². The van der Waals surface area contributed by atoms with Crippen LogP contribution in [0.15, 0.2) is 9.85 Å². The standard InChI is InChI=1S/C11H11BrN2OS/c1-6-5-16-10(9(6)12)11(15)14-8(4-13)7-2-3-7/h5,7-8H,2-3H2,1H3,(H,14,15)/t8-/m0/s1. The molecule has 0 aliphatic heterocycles. The summed E-state index contributed by atoms with van der Waals surface area (Å²) in [7, 11) is 0. The summed E-state index contributed by atoms with van der Waals surface area (Å²) >= 11 is 4.78. The molecule has 0 radical (unpaired) electrons. The Kier molecular flexibility index (Phi) is 3.31. The zero-order chi connectivity index (χ0) is 11.7. The zero-order valence-electron chi connectivity index (χ0n) is 8.79. The molecule has 1 fully saturated rings. The maximum atomic E-state index is 11.9. The van der Waals surface area contributed by atoms with Crippen LogP contribution in [0.2, 0.25) is 0 Å². The third-order valence-electron chi connectivity index (χ3n) is 2.62. The lowest BCUT2D eigenvalue weighted by Crippen LogP contribution is -2.34. The summed E-state index contributed by atoms with van der Waals surface area (Å²) in [5, 5.41) is 13.6. The van der Waals surface area contributed by atoms with E-state index in [1.54, 1.807) is 0 Å². The average Bonchev–Trinajstić information content (AvgIpc) is 3.04. The first-order chi connectivity index (χ1) is 7.63. The molecule has 1 amide bonds. The molecule has 1 aliphatic carbocycles. The van der Waals surface area contributed by atoms with Gasteiger partial charge in [0.2, 0.25) is 0 Å². The smallest absolute Gasteiger partial charge is 0.263 e. The molecule has 0 saturated heterocycles. The minimum atomic E-state index is -0.332. The summed E-state index contributed by atoms with van der Waals surface area (Å²) in [6.07, 6.45) is 2.09. The number of rotatable bonds is 3. The Bertz CT molecular complexity index is 459. The van der Waals surface area contributed by atoms with Gasteiger partial charge < -0.3 is 5.32 Å². The number of halogens is 1. The van der Waals surface area contributed by atoms with E-state index in [2.05, 4.69) is 27.3 Å². The van der Waals surface area contributed by atoms with Gasteiger partial charge in [0.15, 0.2) is 0 Å². The summed E-state index contributed by atoms with van der Waals surface area (Å²) in [5.74, 6) is 0.206. The SMILES string of the molecule is Cc1csc(C(=O)N[C@@H](C#N)C2CC2)c1Br. The highest BCUT2D eigenvalue weighted by atomic mass is 79.9. The third kappa shape index (κ3) is 2.28. The molecular weight excluding hydrogens is 288 g/mol. The molecule has 84 valence electrons. The Morgan fingerprint density at radius 3 is 2.88 bits per heavy atom. The topological polar surface area (TPSA) is 52.9 Å². The van der Waals surface area contributed by atoms with Crippen molar-refractivity contribution in [3.05, 3.63) is 20.3 Å². The van der Waals surface area contributed by atoms with Crippen molar-refractivity contribution >= 4 is 33.2 Å². The van der Waals surface area contributed by atoms with Crippen LogP contribution in [0.25, 0.3) is 0 Å². The molecule has 1 N–H and O–H groups in total. The van der Waals surface area contributed by atoms with Gasteiger partial charge in [-0.15, -0.1) is 11.3 Å². The van der Waals surface area contributed by atoms with Crippen LogP contribution in [0.1, 0.15) is 28.1 Å². The lowest BCUT2D eigenvalue weighted by Gasteiger charge is -2.09. The average molecular weight is 299 g/mol. The summed E-state index contributed by atoms with van der Waals surface area (Å²) < 4.78 is 0.836. The normalized spacial score (nSPS) is 16.6. The van der Waals surface area contributed by atoms with Crippen molar-refractivity contribution in [1.29, 1.82) is 5.26 Å². The minimum absolute atomic E-state index is 0.150. The Labute approximate surface area is 107 Å². The number of aryl methyl sites for hydroxylation is 1. The number of nitrogens with one attached hydrogen (secondary N) is 1. The number of hydrogen-bond acceptors (Lipinski definition) is 3. The molecule has 1 heterocycles. The minimum Gasteiger partial charge on any atom is -0.335 e. The summed E-state index contributed by atoms with van der Waals surface area (Å²) in [5.41, 5.74) is 1.05. The lowest BCUT2D eigenvalue weighted by molar-refractivity contribution is 0.0945. The molecule has 5 heteroatoms. The lowest BCUT2D eigenvalue weighted by atomic mass is 10.2. The predicted molar refractivity (Wildman–Crippen MR) is 66.3 cm³/mol. The first-order valence-electron chi connectivity index (χ1n) is 5.07. The fourth-order valence-corrected chi connectivity index (χ4v) is 3.04. The van der Waals surface area contributed by atoms with Crippen LogP contribution in [0.5, 0.6) is 0 Å². The molecule has 0 spiro atoms. The van der Waals surface area contributed by atoms with Crippen molar-refractivity contribution in [1.82, 2.24) is 5.32 Å². The van der Waals surface area contributed by atoms with Crippen molar-refractivity contribution < 1.29 is 4.79 Å². The number of hydrogen-bond donors (Lipinski definition) is 1. The summed E-state index contributed by atoms with van der Waals surface area (Å²) in [4.78, 5) is 12.5. The third-order valence-corrected chi connectivity index (χ3v) is 5.01. The van der Waals surface area contributed by atoms with Crippen LogP contribution in [-0.4, -0.2) is 11.9 Å². The fourth-order valence-electron chi connectivity index (χ4n) is 1.47. The number of nitrogens with zero attached hydrogens (tertiary/aromatic N) is 1. The van der Waals surface area contributed by atoms with Crippen molar-refractivity contribution in [3.8, 4) is 6.07 Å². The number of amides is 1.